The number of nitrogens with one attached hydrogen (secondary N) is 1. The lowest BCUT2D eigenvalue weighted by Gasteiger charge is -2.06. The van der Waals surface area contributed by atoms with Crippen LogP contribution < -0.4 is 5.32 Å². The Bertz CT molecular complexity index is 920. The van der Waals surface area contributed by atoms with E-state index in [0.29, 0.717) is 27.8 Å². The highest BCUT2D eigenvalue weighted by molar-refractivity contribution is 7.21. The van der Waals surface area contributed by atoms with Crippen LogP contribution in [0.2, 0.25) is 5.02 Å². The van der Waals surface area contributed by atoms with Crippen molar-refractivity contribution >= 4 is 50.6 Å². The fourth-order valence-electron chi connectivity index (χ4n) is 2.29. The second-order valence-corrected chi connectivity index (χ2v) is 6.43. The van der Waals surface area contributed by atoms with Crippen LogP contribution in [0.15, 0.2) is 48.5 Å². The summed E-state index contributed by atoms with van der Waals surface area (Å²) in [6, 6.07) is 14.2. The van der Waals surface area contributed by atoms with Crippen LogP contribution in [0.4, 0.5) is 5.69 Å². The summed E-state index contributed by atoms with van der Waals surface area (Å²) in [5, 5.41) is 4.07. The minimum absolute atomic E-state index is 0.298. The number of anilines is 1. The van der Waals surface area contributed by atoms with Crippen molar-refractivity contribution in [2.75, 3.05) is 11.9 Å². The van der Waals surface area contributed by atoms with E-state index in [9.17, 15) is 9.59 Å². The molecule has 4 nitrogen and oxygen atoms in total. The Labute approximate surface area is 148 Å². The first kappa shape index (κ1) is 16.5. The van der Waals surface area contributed by atoms with Gasteiger partial charge in [-0.3, -0.25) is 4.79 Å². The number of amides is 1. The normalized spacial score (nSPS) is 10.6. The number of hydrogen-bond donors (Lipinski definition) is 1. The molecule has 0 saturated carbocycles. The van der Waals surface area contributed by atoms with Crippen LogP contribution in [0, 0.1) is 0 Å². The quantitative estimate of drug-likeness (QED) is 0.668. The average molecular weight is 360 g/mol. The molecule has 0 fully saturated rings. The summed E-state index contributed by atoms with van der Waals surface area (Å²) in [6.07, 6.45) is 0. The minimum Gasteiger partial charge on any atom is -0.462 e. The SMILES string of the molecule is CCOC(=O)c1cccc(NC(=O)c2sc3ccccc3c2Cl)c1. The smallest absolute Gasteiger partial charge is 0.338 e. The number of carbonyl (C=O) groups excluding carboxylic acids is 2. The number of halogens is 1. The highest BCUT2D eigenvalue weighted by Crippen LogP contribution is 2.35. The van der Waals surface area contributed by atoms with E-state index in [1.54, 1.807) is 31.2 Å². The van der Waals surface area contributed by atoms with Crippen LogP contribution in [0.25, 0.3) is 10.1 Å². The van der Waals surface area contributed by atoms with E-state index in [-0.39, 0.29) is 5.91 Å². The zero-order chi connectivity index (χ0) is 17.1. The van der Waals surface area contributed by atoms with Gasteiger partial charge in [-0.05, 0) is 31.2 Å². The molecular weight excluding hydrogens is 346 g/mol. The number of rotatable bonds is 4. The number of carbonyl (C=O) groups is 2. The molecule has 1 aromatic heterocycles. The zero-order valence-electron chi connectivity index (χ0n) is 12.8. The molecule has 6 heteroatoms. The molecule has 3 rings (SSSR count). The van der Waals surface area contributed by atoms with Gasteiger partial charge in [-0.2, -0.15) is 0 Å². The molecule has 0 aliphatic carbocycles. The van der Waals surface area contributed by atoms with E-state index >= 15 is 0 Å². The van der Waals surface area contributed by atoms with Crippen molar-refractivity contribution in [3.63, 3.8) is 0 Å². The van der Waals surface area contributed by atoms with Gasteiger partial charge in [0.15, 0.2) is 0 Å². The Morgan fingerprint density at radius 3 is 2.71 bits per heavy atom. The minimum atomic E-state index is -0.423. The van der Waals surface area contributed by atoms with Crippen LogP contribution in [0.3, 0.4) is 0 Å². The van der Waals surface area contributed by atoms with E-state index < -0.39 is 5.97 Å². The highest BCUT2D eigenvalue weighted by atomic mass is 35.5. The first-order chi connectivity index (χ1) is 11.6. The molecule has 0 atom stereocenters. The van der Waals surface area contributed by atoms with Gasteiger partial charge in [-0.15, -0.1) is 11.3 Å². The van der Waals surface area contributed by atoms with Crippen molar-refractivity contribution in [1.82, 2.24) is 0 Å². The summed E-state index contributed by atoms with van der Waals surface area (Å²) < 4.78 is 5.91. The van der Waals surface area contributed by atoms with Gasteiger partial charge < -0.3 is 10.1 Å². The number of thiophene rings is 1. The summed E-state index contributed by atoms with van der Waals surface area (Å²) in [5.74, 6) is -0.726. The Balaban J connectivity index is 1.85. The van der Waals surface area contributed by atoms with Crippen molar-refractivity contribution in [2.45, 2.75) is 6.92 Å². The van der Waals surface area contributed by atoms with Gasteiger partial charge in [0.25, 0.3) is 5.91 Å². The van der Waals surface area contributed by atoms with Gasteiger partial charge in [-0.25, -0.2) is 4.79 Å². The molecule has 2 aromatic carbocycles. The van der Waals surface area contributed by atoms with Gasteiger partial charge in [0.1, 0.15) is 4.88 Å². The first-order valence-corrected chi connectivity index (χ1v) is 8.55. The summed E-state index contributed by atoms with van der Waals surface area (Å²) >= 11 is 7.65. The molecule has 0 saturated heterocycles. The Hall–Kier alpha value is -2.37. The molecule has 1 amide bonds. The summed E-state index contributed by atoms with van der Waals surface area (Å²) in [7, 11) is 0. The van der Waals surface area contributed by atoms with Crippen LogP contribution in [-0.2, 0) is 4.74 Å². The summed E-state index contributed by atoms with van der Waals surface area (Å²) in [6.45, 7) is 2.04. The van der Waals surface area contributed by atoms with Crippen LogP contribution in [-0.4, -0.2) is 18.5 Å². The summed E-state index contributed by atoms with van der Waals surface area (Å²) in [5.41, 5.74) is 0.899. The zero-order valence-corrected chi connectivity index (χ0v) is 14.4. The van der Waals surface area contributed by atoms with Crippen molar-refractivity contribution in [3.8, 4) is 0 Å². The van der Waals surface area contributed by atoms with Crippen molar-refractivity contribution in [2.24, 2.45) is 0 Å². The monoisotopic (exact) mass is 359 g/mol. The van der Waals surface area contributed by atoms with E-state index in [1.165, 1.54) is 11.3 Å². The van der Waals surface area contributed by atoms with Crippen molar-refractivity contribution in [3.05, 3.63) is 64.0 Å². The maximum atomic E-state index is 12.5. The predicted octanol–water partition coefficient (Wildman–Crippen LogP) is 4.98. The van der Waals surface area contributed by atoms with E-state index in [1.807, 2.05) is 24.3 Å². The van der Waals surface area contributed by atoms with Gasteiger partial charge in [0, 0.05) is 15.8 Å². The lowest BCUT2D eigenvalue weighted by atomic mass is 10.2. The first-order valence-electron chi connectivity index (χ1n) is 7.35. The number of esters is 1. The standard InChI is InChI=1S/C18H14ClNO3S/c1-2-23-18(22)11-6-5-7-12(10-11)20-17(21)16-15(19)13-8-3-4-9-14(13)24-16/h3-10H,2H2,1H3,(H,20,21). The molecule has 1 N–H and O–H groups in total. The molecule has 24 heavy (non-hydrogen) atoms. The van der Waals surface area contributed by atoms with Crippen LogP contribution in [0.5, 0.6) is 0 Å². The van der Waals surface area contributed by atoms with Gasteiger partial charge in [0.05, 0.1) is 17.2 Å². The highest BCUT2D eigenvalue weighted by Gasteiger charge is 2.17. The van der Waals surface area contributed by atoms with Crippen LogP contribution in [0.1, 0.15) is 27.0 Å². The molecule has 122 valence electrons. The molecule has 0 aliphatic heterocycles. The largest absolute Gasteiger partial charge is 0.462 e. The van der Waals surface area contributed by atoms with E-state index in [0.717, 1.165) is 10.1 Å². The number of hydrogen-bond acceptors (Lipinski definition) is 4. The average Bonchev–Trinajstić information content (AvgIpc) is 2.93. The van der Waals surface area contributed by atoms with E-state index in [2.05, 4.69) is 5.32 Å². The fourth-order valence-corrected chi connectivity index (χ4v) is 3.70. The fraction of sp³-hybridized carbons (Fsp3) is 0.111. The molecule has 0 spiro atoms. The predicted molar refractivity (Wildman–Crippen MR) is 97.2 cm³/mol. The third-order valence-electron chi connectivity index (χ3n) is 3.37. The van der Waals surface area contributed by atoms with Gasteiger partial charge >= 0.3 is 5.97 Å². The number of ether oxygens (including phenoxy) is 1. The molecule has 0 radical (unpaired) electrons. The lowest BCUT2D eigenvalue weighted by Crippen LogP contribution is -2.12. The Kier molecular flexibility index (Phi) is 4.83. The third kappa shape index (κ3) is 3.27. The molecule has 0 unspecified atom stereocenters. The molecular formula is C18H14ClNO3S. The maximum absolute atomic E-state index is 12.5. The Morgan fingerprint density at radius 2 is 1.96 bits per heavy atom. The topological polar surface area (TPSA) is 55.4 Å². The molecule has 3 aromatic rings. The summed E-state index contributed by atoms with van der Waals surface area (Å²) in [4.78, 5) is 24.7. The second-order valence-electron chi connectivity index (χ2n) is 5.00. The lowest BCUT2D eigenvalue weighted by molar-refractivity contribution is 0.0526. The Morgan fingerprint density at radius 1 is 1.17 bits per heavy atom. The van der Waals surface area contributed by atoms with E-state index in [4.69, 9.17) is 16.3 Å². The number of fused-ring (bicyclic) bond motifs is 1. The molecule has 0 aliphatic rings. The molecule has 1 heterocycles. The van der Waals surface area contributed by atoms with Crippen LogP contribution >= 0.6 is 22.9 Å². The molecule has 0 bridgehead atoms. The van der Waals surface area contributed by atoms with Gasteiger partial charge in [0.2, 0.25) is 0 Å². The van der Waals surface area contributed by atoms with Crippen molar-refractivity contribution < 1.29 is 14.3 Å². The number of benzene rings is 2. The maximum Gasteiger partial charge on any atom is 0.338 e. The second kappa shape index (κ2) is 7.03. The van der Waals surface area contributed by atoms with Crippen molar-refractivity contribution in [1.29, 1.82) is 0 Å². The van der Waals surface area contributed by atoms with Gasteiger partial charge in [-0.1, -0.05) is 35.9 Å². The third-order valence-corrected chi connectivity index (χ3v) is 5.05.